The van der Waals surface area contributed by atoms with E-state index in [-0.39, 0.29) is 5.75 Å². The first-order chi connectivity index (χ1) is 6.01. The van der Waals surface area contributed by atoms with E-state index in [1.54, 1.807) is 17.1 Å². The summed E-state index contributed by atoms with van der Waals surface area (Å²) >= 11 is 0. The number of aryl methyl sites for hydroxylation is 1. The van der Waals surface area contributed by atoms with Crippen LogP contribution in [0.2, 0.25) is 0 Å². The van der Waals surface area contributed by atoms with Gasteiger partial charge in [0.15, 0.2) is 0 Å². The van der Waals surface area contributed by atoms with Crippen LogP contribution >= 0.6 is 0 Å². The summed E-state index contributed by atoms with van der Waals surface area (Å²) in [6.45, 7) is 0.817. The molecule has 0 aliphatic heterocycles. The molecule has 1 heterocycles. The third-order valence-electron chi connectivity index (χ3n) is 1.61. The van der Waals surface area contributed by atoms with Crippen LogP contribution in [0.3, 0.4) is 0 Å². The number of nitrogens with two attached hydrogens (primary N) is 1. The Balaban J connectivity index is 2.55. The number of nitrogens with zero attached hydrogens (tertiary/aromatic N) is 2. The molecular weight excluding hydrogens is 190 g/mol. The molecule has 0 fully saturated rings. The van der Waals surface area contributed by atoms with Crippen molar-refractivity contribution in [2.24, 2.45) is 5.73 Å². The lowest BCUT2D eigenvalue weighted by Gasteiger charge is -1.98. The summed E-state index contributed by atoms with van der Waals surface area (Å²) in [4.78, 5) is 0. The van der Waals surface area contributed by atoms with Crippen molar-refractivity contribution in [3.8, 4) is 0 Å². The van der Waals surface area contributed by atoms with E-state index in [1.165, 1.54) is 6.26 Å². The van der Waals surface area contributed by atoms with Crippen LogP contribution in [-0.2, 0) is 22.9 Å². The summed E-state index contributed by atoms with van der Waals surface area (Å²) in [5.41, 5.74) is 6.28. The van der Waals surface area contributed by atoms with Gasteiger partial charge in [-0.25, -0.2) is 8.42 Å². The van der Waals surface area contributed by atoms with Gasteiger partial charge in [-0.2, -0.15) is 5.10 Å². The standard InChI is InChI=1S/C7H13N3O2S/c1-13(11,12)3-2-10-6-7(4-8)5-9-10/h5-6H,2-4,8H2,1H3. The minimum absolute atomic E-state index is 0.110. The fraction of sp³-hybridized carbons (Fsp3) is 0.571. The van der Waals surface area contributed by atoms with Crippen LogP contribution in [0.4, 0.5) is 0 Å². The summed E-state index contributed by atoms with van der Waals surface area (Å²) in [5.74, 6) is 0.110. The van der Waals surface area contributed by atoms with Gasteiger partial charge >= 0.3 is 0 Å². The smallest absolute Gasteiger partial charge is 0.149 e. The second-order valence-electron chi connectivity index (χ2n) is 2.95. The summed E-state index contributed by atoms with van der Waals surface area (Å²) in [7, 11) is -2.91. The lowest BCUT2D eigenvalue weighted by atomic mass is 10.4. The summed E-state index contributed by atoms with van der Waals surface area (Å²) < 4.78 is 23.2. The monoisotopic (exact) mass is 203 g/mol. The van der Waals surface area contributed by atoms with E-state index >= 15 is 0 Å². The molecular formula is C7H13N3O2S. The van der Waals surface area contributed by atoms with E-state index in [2.05, 4.69) is 5.10 Å². The van der Waals surface area contributed by atoms with Crippen molar-refractivity contribution in [1.29, 1.82) is 0 Å². The molecule has 0 spiro atoms. The quantitative estimate of drug-likeness (QED) is 0.708. The Morgan fingerprint density at radius 2 is 2.31 bits per heavy atom. The van der Waals surface area contributed by atoms with E-state index in [4.69, 9.17) is 5.73 Å². The average Bonchev–Trinajstić information content (AvgIpc) is 2.47. The second kappa shape index (κ2) is 3.89. The maximum Gasteiger partial charge on any atom is 0.149 e. The van der Waals surface area contributed by atoms with Crippen LogP contribution in [0.5, 0.6) is 0 Å². The van der Waals surface area contributed by atoms with Crippen molar-refractivity contribution >= 4 is 9.84 Å². The van der Waals surface area contributed by atoms with Crippen molar-refractivity contribution in [2.45, 2.75) is 13.1 Å². The maximum absolute atomic E-state index is 10.8. The Morgan fingerprint density at radius 3 is 2.77 bits per heavy atom. The topological polar surface area (TPSA) is 78.0 Å². The van der Waals surface area contributed by atoms with Gasteiger partial charge in [0.2, 0.25) is 0 Å². The number of rotatable bonds is 4. The van der Waals surface area contributed by atoms with Gasteiger partial charge in [-0.1, -0.05) is 0 Å². The van der Waals surface area contributed by atoms with Gasteiger partial charge in [-0.05, 0) is 0 Å². The molecule has 0 aliphatic rings. The molecule has 0 radical (unpaired) electrons. The van der Waals surface area contributed by atoms with Gasteiger partial charge in [0.25, 0.3) is 0 Å². The molecule has 0 unspecified atom stereocenters. The third-order valence-corrected chi connectivity index (χ3v) is 2.54. The molecule has 1 aromatic heterocycles. The Kier molecular flexibility index (Phi) is 3.05. The van der Waals surface area contributed by atoms with Crippen LogP contribution in [0.1, 0.15) is 5.56 Å². The predicted molar refractivity (Wildman–Crippen MR) is 49.8 cm³/mol. The molecule has 0 aliphatic carbocycles. The molecule has 0 saturated heterocycles. The molecule has 6 heteroatoms. The van der Waals surface area contributed by atoms with E-state index in [0.717, 1.165) is 5.56 Å². The predicted octanol–water partition coefficient (Wildman–Crippen LogP) is -0.614. The minimum Gasteiger partial charge on any atom is -0.326 e. The van der Waals surface area contributed by atoms with Gasteiger partial charge in [0, 0.05) is 24.6 Å². The van der Waals surface area contributed by atoms with E-state index in [0.29, 0.717) is 13.1 Å². The fourth-order valence-corrected chi connectivity index (χ4v) is 1.41. The van der Waals surface area contributed by atoms with Crippen molar-refractivity contribution in [2.75, 3.05) is 12.0 Å². The molecule has 13 heavy (non-hydrogen) atoms. The highest BCUT2D eigenvalue weighted by atomic mass is 32.2. The molecule has 1 aromatic rings. The van der Waals surface area contributed by atoms with E-state index < -0.39 is 9.84 Å². The molecule has 0 aromatic carbocycles. The zero-order valence-corrected chi connectivity index (χ0v) is 8.29. The number of hydrogen-bond donors (Lipinski definition) is 1. The van der Waals surface area contributed by atoms with Crippen molar-refractivity contribution in [3.05, 3.63) is 18.0 Å². The molecule has 1 rings (SSSR count). The van der Waals surface area contributed by atoms with Crippen LogP contribution in [-0.4, -0.2) is 30.2 Å². The SMILES string of the molecule is CS(=O)(=O)CCn1cc(CN)cn1. The number of hydrogen-bond acceptors (Lipinski definition) is 4. The second-order valence-corrected chi connectivity index (χ2v) is 5.21. The van der Waals surface area contributed by atoms with Crippen molar-refractivity contribution < 1.29 is 8.42 Å². The highest BCUT2D eigenvalue weighted by molar-refractivity contribution is 7.90. The van der Waals surface area contributed by atoms with Gasteiger partial charge in [0.1, 0.15) is 9.84 Å². The minimum atomic E-state index is -2.91. The summed E-state index contributed by atoms with van der Waals surface area (Å²) in [6, 6.07) is 0. The molecule has 0 atom stereocenters. The molecule has 2 N–H and O–H groups in total. The largest absolute Gasteiger partial charge is 0.326 e. The van der Waals surface area contributed by atoms with Crippen LogP contribution in [0.15, 0.2) is 12.4 Å². The summed E-state index contributed by atoms with van der Waals surface area (Å²) in [5, 5.41) is 3.96. The third kappa shape index (κ3) is 3.56. The highest BCUT2D eigenvalue weighted by Crippen LogP contribution is 1.96. The number of aromatic nitrogens is 2. The van der Waals surface area contributed by atoms with Gasteiger partial charge in [-0.3, -0.25) is 4.68 Å². The highest BCUT2D eigenvalue weighted by Gasteiger charge is 2.03. The molecule has 5 nitrogen and oxygen atoms in total. The first-order valence-corrected chi connectivity index (χ1v) is 5.96. The van der Waals surface area contributed by atoms with Gasteiger partial charge < -0.3 is 5.73 Å². The Bertz CT molecular complexity index is 369. The Hall–Kier alpha value is -0.880. The molecule has 0 amide bonds. The van der Waals surface area contributed by atoms with Crippen LogP contribution in [0, 0.1) is 0 Å². The van der Waals surface area contributed by atoms with Gasteiger partial charge in [0.05, 0.1) is 18.5 Å². The van der Waals surface area contributed by atoms with Gasteiger partial charge in [-0.15, -0.1) is 0 Å². The van der Waals surface area contributed by atoms with Crippen molar-refractivity contribution in [1.82, 2.24) is 9.78 Å². The van der Waals surface area contributed by atoms with Crippen molar-refractivity contribution in [3.63, 3.8) is 0 Å². The first-order valence-electron chi connectivity index (χ1n) is 3.90. The van der Waals surface area contributed by atoms with Crippen LogP contribution < -0.4 is 5.73 Å². The number of sulfone groups is 1. The maximum atomic E-state index is 10.8. The lowest BCUT2D eigenvalue weighted by molar-refractivity contribution is 0.586. The fourth-order valence-electron chi connectivity index (χ4n) is 0.893. The van der Waals surface area contributed by atoms with E-state index in [1.807, 2.05) is 0 Å². The average molecular weight is 203 g/mol. The molecule has 0 bridgehead atoms. The van der Waals surface area contributed by atoms with E-state index in [9.17, 15) is 8.42 Å². The lowest BCUT2D eigenvalue weighted by Crippen LogP contribution is -2.11. The normalized spacial score (nSPS) is 11.8. The molecule has 74 valence electrons. The summed E-state index contributed by atoms with van der Waals surface area (Å²) in [6.07, 6.45) is 4.60. The van der Waals surface area contributed by atoms with Crippen LogP contribution in [0.25, 0.3) is 0 Å². The zero-order valence-electron chi connectivity index (χ0n) is 7.47. The first kappa shape index (κ1) is 10.2. The Labute approximate surface area is 77.5 Å². The zero-order chi connectivity index (χ0) is 9.90. The molecule has 0 saturated carbocycles. The Morgan fingerprint density at radius 1 is 1.62 bits per heavy atom.